The molecule has 1 atom stereocenters. The van der Waals surface area contributed by atoms with Gasteiger partial charge < -0.3 is 14.5 Å². The lowest BCUT2D eigenvalue weighted by molar-refractivity contribution is 0.0592. The van der Waals surface area contributed by atoms with Crippen LogP contribution in [0.2, 0.25) is 0 Å². The number of aromatic amines is 1. The summed E-state index contributed by atoms with van der Waals surface area (Å²) in [5.74, 6) is 0.852. The molecule has 0 spiro atoms. The summed E-state index contributed by atoms with van der Waals surface area (Å²) in [5, 5.41) is 0. The van der Waals surface area contributed by atoms with E-state index in [1.54, 1.807) is 13.1 Å². The Morgan fingerprint density at radius 1 is 1.32 bits per heavy atom. The van der Waals surface area contributed by atoms with Crippen molar-refractivity contribution in [1.29, 1.82) is 0 Å². The highest BCUT2D eigenvalue weighted by atomic mass is 16.2. The number of carbonyl (C=O) groups excluding carboxylic acids is 1. The van der Waals surface area contributed by atoms with Gasteiger partial charge in [-0.1, -0.05) is 0 Å². The fraction of sp³-hybridized carbons (Fsp3) is 0.526. The minimum absolute atomic E-state index is 0.134. The predicted octanol–water partition coefficient (Wildman–Crippen LogP) is 2.58. The van der Waals surface area contributed by atoms with E-state index in [0.717, 1.165) is 50.3 Å². The van der Waals surface area contributed by atoms with Crippen LogP contribution in [-0.4, -0.2) is 37.9 Å². The first-order valence-corrected chi connectivity index (χ1v) is 8.96. The molecule has 6 heteroatoms. The van der Waals surface area contributed by atoms with Gasteiger partial charge in [0.25, 0.3) is 5.91 Å². The van der Waals surface area contributed by atoms with Crippen LogP contribution in [0, 0.1) is 20.8 Å². The Labute approximate surface area is 147 Å². The van der Waals surface area contributed by atoms with Gasteiger partial charge in [-0.25, -0.2) is 4.98 Å². The van der Waals surface area contributed by atoms with Crippen LogP contribution >= 0.6 is 0 Å². The Bertz CT molecular complexity index is 821. The first-order valence-electron chi connectivity index (χ1n) is 8.96. The van der Waals surface area contributed by atoms with Crippen LogP contribution in [-0.2, 0) is 6.54 Å². The summed E-state index contributed by atoms with van der Waals surface area (Å²) in [6, 6.07) is 1.68. The fourth-order valence-electron chi connectivity index (χ4n) is 3.75. The molecule has 1 aliphatic heterocycles. The van der Waals surface area contributed by atoms with Crippen molar-refractivity contribution in [2.75, 3.05) is 6.54 Å². The fourth-order valence-corrected chi connectivity index (χ4v) is 3.75. The van der Waals surface area contributed by atoms with Crippen LogP contribution < -0.4 is 5.43 Å². The van der Waals surface area contributed by atoms with E-state index >= 15 is 0 Å². The zero-order chi connectivity index (χ0) is 18.0. The normalized spacial score (nSPS) is 17.7. The SMILES string of the molecule is Cc1cc(=O)c(C(=O)N2CCCC[C@@H]2CCn2ccnc2C)c(C)[nH]1. The number of rotatable bonds is 4. The van der Waals surface area contributed by atoms with E-state index in [9.17, 15) is 9.59 Å². The number of likely N-dealkylation sites (tertiary alicyclic amines) is 1. The number of nitrogens with zero attached hydrogens (tertiary/aromatic N) is 3. The largest absolute Gasteiger partial charge is 0.362 e. The second-order valence-electron chi connectivity index (χ2n) is 6.92. The number of pyridine rings is 1. The molecular weight excluding hydrogens is 316 g/mol. The molecule has 3 rings (SSSR count). The molecule has 1 N–H and O–H groups in total. The maximum Gasteiger partial charge on any atom is 0.259 e. The predicted molar refractivity (Wildman–Crippen MR) is 96.8 cm³/mol. The molecule has 25 heavy (non-hydrogen) atoms. The number of aromatic nitrogens is 3. The molecule has 0 aliphatic carbocycles. The van der Waals surface area contributed by atoms with Crippen molar-refractivity contribution >= 4 is 5.91 Å². The van der Waals surface area contributed by atoms with Gasteiger partial charge in [0.1, 0.15) is 11.4 Å². The van der Waals surface area contributed by atoms with Crippen LogP contribution in [0.3, 0.4) is 0 Å². The minimum atomic E-state index is -0.187. The van der Waals surface area contributed by atoms with E-state index < -0.39 is 0 Å². The average Bonchev–Trinajstić information content (AvgIpc) is 2.97. The number of nitrogens with one attached hydrogen (secondary N) is 1. The third-order valence-electron chi connectivity index (χ3n) is 5.08. The summed E-state index contributed by atoms with van der Waals surface area (Å²) in [6.45, 7) is 7.18. The molecule has 0 aromatic carbocycles. The molecule has 0 bridgehead atoms. The lowest BCUT2D eigenvalue weighted by Gasteiger charge is -2.36. The number of aryl methyl sites for hydroxylation is 4. The Morgan fingerprint density at radius 3 is 2.80 bits per heavy atom. The third-order valence-corrected chi connectivity index (χ3v) is 5.08. The Hall–Kier alpha value is -2.37. The Balaban J connectivity index is 1.80. The number of hydrogen-bond acceptors (Lipinski definition) is 3. The zero-order valence-electron chi connectivity index (χ0n) is 15.2. The van der Waals surface area contributed by atoms with Crippen molar-refractivity contribution in [1.82, 2.24) is 19.4 Å². The molecule has 134 valence electrons. The maximum absolute atomic E-state index is 13.1. The monoisotopic (exact) mass is 342 g/mol. The van der Waals surface area contributed by atoms with Crippen molar-refractivity contribution in [3.05, 3.63) is 51.5 Å². The lowest BCUT2D eigenvalue weighted by Crippen LogP contribution is -2.46. The Morgan fingerprint density at radius 2 is 2.12 bits per heavy atom. The van der Waals surface area contributed by atoms with Crippen molar-refractivity contribution in [2.24, 2.45) is 0 Å². The van der Waals surface area contributed by atoms with Crippen molar-refractivity contribution in [3.63, 3.8) is 0 Å². The zero-order valence-corrected chi connectivity index (χ0v) is 15.2. The number of imidazole rings is 1. The molecular formula is C19H26N4O2. The van der Waals surface area contributed by atoms with E-state index in [4.69, 9.17) is 0 Å². The number of amides is 1. The molecule has 0 unspecified atom stereocenters. The average molecular weight is 342 g/mol. The summed E-state index contributed by atoms with van der Waals surface area (Å²) in [5.41, 5.74) is 1.54. The molecule has 1 saturated heterocycles. The van der Waals surface area contributed by atoms with Crippen LogP contribution in [0.1, 0.15) is 53.3 Å². The highest BCUT2D eigenvalue weighted by Crippen LogP contribution is 2.22. The van der Waals surface area contributed by atoms with Crippen molar-refractivity contribution in [2.45, 2.75) is 59.0 Å². The standard InChI is InChI=1S/C19H26N4O2/c1-13-12-17(24)18(14(2)21-13)19(25)23-9-5-4-6-16(23)7-10-22-11-8-20-15(22)3/h8,11-12,16H,4-7,9-10H2,1-3H3,(H,21,24)/t16-/m1/s1. The topological polar surface area (TPSA) is 71.0 Å². The van der Waals surface area contributed by atoms with Gasteiger partial charge in [0.05, 0.1) is 0 Å². The van der Waals surface area contributed by atoms with Crippen LogP contribution in [0.4, 0.5) is 0 Å². The summed E-state index contributed by atoms with van der Waals surface area (Å²) < 4.78 is 2.11. The number of piperidine rings is 1. The minimum Gasteiger partial charge on any atom is -0.362 e. The molecule has 2 aromatic rings. The number of hydrogen-bond donors (Lipinski definition) is 1. The van der Waals surface area contributed by atoms with Gasteiger partial charge >= 0.3 is 0 Å². The molecule has 6 nitrogen and oxygen atoms in total. The summed E-state index contributed by atoms with van der Waals surface area (Å²) in [4.78, 5) is 34.7. The molecule has 1 fully saturated rings. The van der Waals surface area contributed by atoms with Crippen LogP contribution in [0.25, 0.3) is 0 Å². The molecule has 0 radical (unpaired) electrons. The third kappa shape index (κ3) is 3.67. The van der Waals surface area contributed by atoms with Gasteiger partial charge in [-0.05, 0) is 46.5 Å². The van der Waals surface area contributed by atoms with Crippen LogP contribution in [0.15, 0.2) is 23.3 Å². The van der Waals surface area contributed by atoms with E-state index in [1.807, 2.05) is 24.9 Å². The number of carbonyl (C=O) groups is 1. The first-order chi connectivity index (χ1) is 12.0. The molecule has 1 amide bonds. The molecule has 3 heterocycles. The van der Waals surface area contributed by atoms with Gasteiger partial charge in [-0.3, -0.25) is 9.59 Å². The van der Waals surface area contributed by atoms with E-state index in [-0.39, 0.29) is 22.9 Å². The van der Waals surface area contributed by atoms with Gasteiger partial charge in [0.15, 0.2) is 5.43 Å². The van der Waals surface area contributed by atoms with Gasteiger partial charge in [-0.2, -0.15) is 0 Å². The molecule has 2 aromatic heterocycles. The van der Waals surface area contributed by atoms with Crippen molar-refractivity contribution < 1.29 is 4.79 Å². The van der Waals surface area contributed by atoms with E-state index in [0.29, 0.717) is 5.69 Å². The van der Waals surface area contributed by atoms with E-state index in [1.165, 1.54) is 6.07 Å². The quantitative estimate of drug-likeness (QED) is 0.928. The number of H-pyrrole nitrogens is 1. The van der Waals surface area contributed by atoms with Gasteiger partial charge in [0.2, 0.25) is 0 Å². The second-order valence-corrected chi connectivity index (χ2v) is 6.92. The Kier molecular flexibility index (Phi) is 5.06. The molecule has 0 saturated carbocycles. The lowest BCUT2D eigenvalue weighted by atomic mass is 9.97. The van der Waals surface area contributed by atoms with Crippen molar-refractivity contribution in [3.8, 4) is 0 Å². The molecule has 1 aliphatic rings. The summed E-state index contributed by atoms with van der Waals surface area (Å²) >= 11 is 0. The maximum atomic E-state index is 13.1. The van der Waals surface area contributed by atoms with Gasteiger partial charge in [0, 0.05) is 49.0 Å². The second kappa shape index (κ2) is 7.25. The van der Waals surface area contributed by atoms with Gasteiger partial charge in [-0.15, -0.1) is 0 Å². The van der Waals surface area contributed by atoms with E-state index in [2.05, 4.69) is 14.5 Å². The summed E-state index contributed by atoms with van der Waals surface area (Å²) in [6.07, 6.45) is 7.76. The highest BCUT2D eigenvalue weighted by Gasteiger charge is 2.29. The van der Waals surface area contributed by atoms with Crippen LogP contribution in [0.5, 0.6) is 0 Å². The first kappa shape index (κ1) is 17.5. The smallest absolute Gasteiger partial charge is 0.259 e. The summed E-state index contributed by atoms with van der Waals surface area (Å²) in [7, 11) is 0. The highest BCUT2D eigenvalue weighted by molar-refractivity contribution is 5.95.